The molecule has 32 heavy (non-hydrogen) atoms. The Morgan fingerprint density at radius 2 is 1.88 bits per heavy atom. The fraction of sp³-hybridized carbons (Fsp3) is 0.261. The number of hydrogen-bond acceptors (Lipinski definition) is 7. The number of aromatic nitrogens is 1. The molecule has 0 unspecified atom stereocenters. The number of thioether (sulfide) groups is 1. The lowest BCUT2D eigenvalue weighted by atomic mass is 10.0. The number of Topliss-reactive ketones (excluding diaryl/α,β-unsaturated/α-hetero) is 1. The van der Waals surface area contributed by atoms with Crippen molar-refractivity contribution < 1.29 is 14.7 Å². The Morgan fingerprint density at radius 1 is 1.25 bits per heavy atom. The maximum absolute atomic E-state index is 13.1. The summed E-state index contributed by atoms with van der Waals surface area (Å²) in [6.45, 7) is 6.30. The van der Waals surface area contributed by atoms with Gasteiger partial charge in [0.1, 0.15) is 16.0 Å². The van der Waals surface area contributed by atoms with Gasteiger partial charge in [0.25, 0.3) is 11.5 Å². The number of amides is 1. The minimum Gasteiger partial charge on any atom is -0.494 e. The van der Waals surface area contributed by atoms with Crippen molar-refractivity contribution in [2.75, 3.05) is 6.54 Å². The summed E-state index contributed by atoms with van der Waals surface area (Å²) in [5.41, 5.74) is 0.961. The molecule has 9 heteroatoms. The highest BCUT2D eigenvalue weighted by molar-refractivity contribution is 8.26. The number of hydrogen-bond donors (Lipinski definition) is 1. The number of ketones is 1. The van der Waals surface area contributed by atoms with Crippen molar-refractivity contribution in [2.24, 2.45) is 0 Å². The number of carbonyl (C=O) groups is 2. The van der Waals surface area contributed by atoms with E-state index in [9.17, 15) is 24.8 Å². The van der Waals surface area contributed by atoms with Crippen LogP contribution in [0.4, 0.5) is 0 Å². The predicted molar refractivity (Wildman–Crippen MR) is 128 cm³/mol. The zero-order valence-electron chi connectivity index (χ0n) is 18.0. The molecule has 0 saturated carbocycles. The third-order valence-electron chi connectivity index (χ3n) is 5.09. The number of carbonyl (C=O) groups excluding carboxylic acids is 2. The van der Waals surface area contributed by atoms with Crippen molar-refractivity contribution in [3.8, 4) is 11.9 Å². The minimum atomic E-state index is -0.666. The molecular weight excluding hydrogens is 446 g/mol. The van der Waals surface area contributed by atoms with E-state index in [1.165, 1.54) is 6.92 Å². The summed E-state index contributed by atoms with van der Waals surface area (Å²) in [5, 5.41) is 20.1. The Kier molecular flexibility index (Phi) is 6.67. The van der Waals surface area contributed by atoms with Crippen LogP contribution in [0.5, 0.6) is 5.88 Å². The Morgan fingerprint density at radius 3 is 2.44 bits per heavy atom. The molecule has 3 rings (SSSR count). The van der Waals surface area contributed by atoms with Crippen LogP contribution < -0.4 is 5.56 Å². The van der Waals surface area contributed by atoms with Crippen LogP contribution in [0, 0.1) is 25.2 Å². The summed E-state index contributed by atoms with van der Waals surface area (Å²) in [5.74, 6) is -1.55. The second kappa shape index (κ2) is 9.10. The number of nitriles is 1. The molecule has 7 nitrogen and oxygen atoms in total. The number of thiocarbonyl (C=S) groups is 1. The number of nitrogens with zero attached hydrogens (tertiary/aromatic N) is 3. The summed E-state index contributed by atoms with van der Waals surface area (Å²) in [4.78, 5) is 40.1. The smallest absolute Gasteiger partial charge is 0.271 e. The molecule has 1 fully saturated rings. The molecule has 1 aliphatic heterocycles. The van der Waals surface area contributed by atoms with Crippen molar-refractivity contribution in [1.82, 2.24) is 9.47 Å². The molecule has 1 aliphatic rings. The Hall–Kier alpha value is -3.22. The molecule has 0 spiro atoms. The number of pyridine rings is 1. The molecule has 1 N–H and O–H groups in total. The molecule has 164 valence electrons. The average Bonchev–Trinajstić information content (AvgIpc) is 2.97. The lowest BCUT2D eigenvalue weighted by molar-refractivity contribution is -0.121. The zero-order chi connectivity index (χ0) is 23.7. The molecule has 2 aromatic rings. The van der Waals surface area contributed by atoms with Gasteiger partial charge in [0.2, 0.25) is 5.88 Å². The van der Waals surface area contributed by atoms with Crippen LogP contribution in [0.25, 0.3) is 6.08 Å². The largest absolute Gasteiger partial charge is 0.494 e. The normalized spacial score (nSPS) is 15.0. The lowest BCUT2D eigenvalue weighted by Gasteiger charge is -2.19. The van der Waals surface area contributed by atoms with Gasteiger partial charge in [0.15, 0.2) is 5.78 Å². The molecule has 0 atom stereocenters. The molecule has 1 amide bonds. The van der Waals surface area contributed by atoms with Gasteiger partial charge in [-0.3, -0.25) is 23.9 Å². The van der Waals surface area contributed by atoms with Crippen molar-refractivity contribution in [3.05, 3.63) is 67.3 Å². The van der Waals surface area contributed by atoms with E-state index >= 15 is 0 Å². The van der Waals surface area contributed by atoms with Gasteiger partial charge < -0.3 is 5.11 Å². The van der Waals surface area contributed by atoms with E-state index in [4.69, 9.17) is 12.2 Å². The van der Waals surface area contributed by atoms with E-state index in [-0.39, 0.29) is 21.0 Å². The molecule has 0 bridgehead atoms. The van der Waals surface area contributed by atoms with Crippen LogP contribution in [0.1, 0.15) is 52.5 Å². The van der Waals surface area contributed by atoms with Crippen molar-refractivity contribution in [3.63, 3.8) is 0 Å². The topological polar surface area (TPSA) is 103 Å². The minimum absolute atomic E-state index is 0.0811. The maximum Gasteiger partial charge on any atom is 0.271 e. The lowest BCUT2D eigenvalue weighted by Crippen LogP contribution is -2.35. The summed E-state index contributed by atoms with van der Waals surface area (Å²) in [6.07, 6.45) is 1.71. The Balaban J connectivity index is 1.96. The van der Waals surface area contributed by atoms with Crippen LogP contribution in [0.2, 0.25) is 0 Å². The highest BCUT2D eigenvalue weighted by atomic mass is 32.2. The summed E-state index contributed by atoms with van der Waals surface area (Å²) < 4.78 is 1.22. The average molecular weight is 468 g/mol. The first-order chi connectivity index (χ1) is 15.1. The van der Waals surface area contributed by atoms with E-state index in [2.05, 4.69) is 0 Å². The van der Waals surface area contributed by atoms with E-state index < -0.39 is 35.7 Å². The number of aryl methyl sites for hydroxylation is 1. The summed E-state index contributed by atoms with van der Waals surface area (Å²) in [7, 11) is 0. The summed E-state index contributed by atoms with van der Waals surface area (Å²) in [6, 6.07) is 8.96. The molecule has 2 heterocycles. The van der Waals surface area contributed by atoms with Crippen molar-refractivity contribution >= 4 is 46.1 Å². The quantitative estimate of drug-likeness (QED) is 0.406. The maximum atomic E-state index is 13.1. The number of benzene rings is 1. The van der Waals surface area contributed by atoms with Crippen LogP contribution in [-0.2, 0) is 4.79 Å². The second-order valence-electron chi connectivity index (χ2n) is 7.68. The van der Waals surface area contributed by atoms with Crippen LogP contribution >= 0.6 is 24.0 Å². The van der Waals surface area contributed by atoms with Gasteiger partial charge in [-0.1, -0.05) is 53.8 Å². The fourth-order valence-corrected chi connectivity index (χ4v) is 4.66. The molecule has 1 aromatic heterocycles. The Labute approximate surface area is 195 Å². The number of aromatic hydroxyl groups is 1. The first-order valence-corrected chi connectivity index (χ1v) is 11.0. The predicted octanol–water partition coefficient (Wildman–Crippen LogP) is 3.71. The third kappa shape index (κ3) is 4.24. The number of rotatable bonds is 5. The van der Waals surface area contributed by atoms with E-state index in [1.54, 1.807) is 19.9 Å². The van der Waals surface area contributed by atoms with Crippen LogP contribution in [0.3, 0.4) is 0 Å². The van der Waals surface area contributed by atoms with Gasteiger partial charge in [0.05, 0.1) is 17.0 Å². The standard InChI is InChI=1S/C23H21N3O4S2/c1-12(2)26-20(28)16(10-24)14(4)19(22(26)30)17(27)11-25-21(29)18(32-23(25)31)9-15-7-5-13(3)6-8-15/h5-9,12,30H,11H2,1-4H3/b18-9-. The van der Waals surface area contributed by atoms with Crippen LogP contribution in [0.15, 0.2) is 34.0 Å². The highest BCUT2D eigenvalue weighted by Gasteiger charge is 2.35. The van der Waals surface area contributed by atoms with Gasteiger partial charge in [-0.15, -0.1) is 0 Å². The summed E-state index contributed by atoms with van der Waals surface area (Å²) >= 11 is 6.40. The monoisotopic (exact) mass is 467 g/mol. The van der Waals surface area contributed by atoms with Gasteiger partial charge in [-0.2, -0.15) is 5.26 Å². The van der Waals surface area contributed by atoms with E-state index in [0.717, 1.165) is 32.4 Å². The molecule has 0 radical (unpaired) electrons. The highest BCUT2D eigenvalue weighted by Crippen LogP contribution is 2.33. The van der Waals surface area contributed by atoms with Gasteiger partial charge in [0, 0.05) is 6.04 Å². The molecule has 1 aromatic carbocycles. The fourth-order valence-electron chi connectivity index (χ4n) is 3.41. The first-order valence-electron chi connectivity index (χ1n) is 9.80. The molecule has 1 saturated heterocycles. The SMILES string of the molecule is Cc1ccc(/C=C2\SC(=S)N(CC(=O)c3c(C)c(C#N)c(=O)n(C(C)C)c3O)C2=O)cc1. The van der Waals surface area contributed by atoms with Crippen molar-refractivity contribution in [1.29, 1.82) is 5.26 Å². The first kappa shape index (κ1) is 23.4. The van der Waals surface area contributed by atoms with Crippen molar-refractivity contribution in [2.45, 2.75) is 33.7 Å². The zero-order valence-corrected chi connectivity index (χ0v) is 19.6. The third-order valence-corrected chi connectivity index (χ3v) is 6.47. The van der Waals surface area contributed by atoms with E-state index in [1.807, 2.05) is 37.3 Å². The van der Waals surface area contributed by atoms with E-state index in [0.29, 0.717) is 4.91 Å². The van der Waals surface area contributed by atoms with Gasteiger partial charge in [-0.05, 0) is 44.9 Å². The van der Waals surface area contributed by atoms with Gasteiger partial charge in [-0.25, -0.2) is 0 Å². The Bertz CT molecular complexity index is 1270. The second-order valence-corrected chi connectivity index (χ2v) is 9.36. The molecule has 0 aliphatic carbocycles. The van der Waals surface area contributed by atoms with Crippen LogP contribution in [-0.4, -0.2) is 37.1 Å². The molecular formula is C23H21N3O4S2. The van der Waals surface area contributed by atoms with Gasteiger partial charge >= 0.3 is 0 Å².